The molecule has 266 valence electrons. The van der Waals surface area contributed by atoms with Crippen LogP contribution < -0.4 is 4.90 Å². The smallest absolute Gasteiger partial charge is 0.0998 e. The van der Waals surface area contributed by atoms with Gasteiger partial charge in [-0.25, -0.2) is 0 Å². The highest BCUT2D eigenvalue weighted by Crippen LogP contribution is 2.40. The van der Waals surface area contributed by atoms with E-state index in [1.54, 1.807) is 0 Å². The molecule has 0 saturated carbocycles. The van der Waals surface area contributed by atoms with Gasteiger partial charge in [-0.05, 0) is 108 Å². The number of nitrogens with zero attached hydrogens (tertiary/aromatic N) is 4. The van der Waals surface area contributed by atoms with Crippen LogP contribution in [0, 0.1) is 11.3 Å². The Balaban J connectivity index is 1.04. The van der Waals surface area contributed by atoms with Crippen molar-refractivity contribution in [1.82, 2.24) is 9.13 Å². The van der Waals surface area contributed by atoms with Crippen LogP contribution in [0.25, 0.3) is 76.9 Å². The molecule has 0 radical (unpaired) electrons. The third-order valence-electron chi connectivity index (χ3n) is 11.4. The zero-order chi connectivity index (χ0) is 37.9. The van der Waals surface area contributed by atoms with Crippen molar-refractivity contribution in [1.29, 1.82) is 5.26 Å². The number of hydrogen-bond acceptors (Lipinski definition) is 2. The van der Waals surface area contributed by atoms with E-state index in [4.69, 9.17) is 0 Å². The number of anilines is 3. The van der Waals surface area contributed by atoms with E-state index in [0.29, 0.717) is 5.56 Å². The molecule has 0 aliphatic carbocycles. The van der Waals surface area contributed by atoms with Crippen LogP contribution in [0.15, 0.2) is 206 Å². The minimum atomic E-state index is 0.681. The van der Waals surface area contributed by atoms with Gasteiger partial charge in [0.1, 0.15) is 0 Å². The summed E-state index contributed by atoms with van der Waals surface area (Å²) in [4.78, 5) is 2.32. The molecule has 0 bridgehead atoms. The maximum absolute atomic E-state index is 9.98. The lowest BCUT2D eigenvalue weighted by molar-refractivity contribution is 1.17. The third kappa shape index (κ3) is 5.22. The normalized spacial score (nSPS) is 11.5. The van der Waals surface area contributed by atoms with E-state index in [9.17, 15) is 5.26 Å². The summed E-state index contributed by atoms with van der Waals surface area (Å²) in [6, 6.07) is 75.6. The van der Waals surface area contributed by atoms with Gasteiger partial charge in [0, 0.05) is 55.4 Å². The van der Waals surface area contributed by atoms with Crippen LogP contribution in [-0.2, 0) is 0 Å². The van der Waals surface area contributed by atoms with Gasteiger partial charge in [-0.3, -0.25) is 0 Å². The van der Waals surface area contributed by atoms with Crippen molar-refractivity contribution < 1.29 is 0 Å². The SMILES string of the molecule is N#Cc1cccc2cccc(-c3ccc(N(c4ccc(-n5c6ccccc6c6ccccc65)cc4)c4ccc(-n5c6ccccc6c6ccccc65)cc4)cc3)c12. The molecule has 0 unspecified atom stereocenters. The second-order valence-electron chi connectivity index (χ2n) is 14.5. The summed E-state index contributed by atoms with van der Waals surface area (Å²) >= 11 is 0. The molecule has 0 spiro atoms. The number of para-hydroxylation sites is 4. The summed E-state index contributed by atoms with van der Waals surface area (Å²) in [5, 5.41) is 17.0. The number of nitriles is 1. The first kappa shape index (κ1) is 32.6. The molecule has 0 aliphatic rings. The molecular weight excluding hydrogens is 693 g/mol. The average molecular weight is 727 g/mol. The molecule has 0 atom stereocenters. The number of aromatic nitrogens is 2. The van der Waals surface area contributed by atoms with Gasteiger partial charge in [0.25, 0.3) is 0 Å². The Bertz CT molecular complexity index is 3070. The van der Waals surface area contributed by atoms with E-state index in [1.165, 1.54) is 43.6 Å². The first-order valence-electron chi connectivity index (χ1n) is 19.2. The maximum atomic E-state index is 9.98. The topological polar surface area (TPSA) is 36.9 Å². The summed E-state index contributed by atoms with van der Waals surface area (Å²) in [7, 11) is 0. The van der Waals surface area contributed by atoms with E-state index in [0.717, 1.165) is 50.3 Å². The minimum Gasteiger partial charge on any atom is -0.311 e. The van der Waals surface area contributed by atoms with Crippen molar-refractivity contribution in [3.8, 4) is 28.6 Å². The fourth-order valence-corrected chi connectivity index (χ4v) is 8.81. The van der Waals surface area contributed by atoms with Crippen LogP contribution in [-0.4, -0.2) is 9.13 Å². The van der Waals surface area contributed by atoms with Crippen molar-refractivity contribution in [2.24, 2.45) is 0 Å². The molecule has 4 heteroatoms. The molecular formula is C53H34N4. The van der Waals surface area contributed by atoms with Crippen LogP contribution in [0.4, 0.5) is 17.1 Å². The van der Waals surface area contributed by atoms with Crippen molar-refractivity contribution in [3.63, 3.8) is 0 Å². The van der Waals surface area contributed by atoms with E-state index in [1.807, 2.05) is 12.1 Å². The molecule has 11 rings (SSSR count). The highest BCUT2D eigenvalue weighted by Gasteiger charge is 2.18. The van der Waals surface area contributed by atoms with E-state index in [2.05, 4.69) is 214 Å². The lowest BCUT2D eigenvalue weighted by Crippen LogP contribution is -2.10. The summed E-state index contributed by atoms with van der Waals surface area (Å²) in [5.41, 5.74) is 12.9. The van der Waals surface area contributed by atoms with Crippen molar-refractivity contribution in [2.45, 2.75) is 0 Å². The average Bonchev–Trinajstić information content (AvgIpc) is 3.80. The standard InChI is InChI=1S/C53H34N4/c54-35-38-13-9-11-37-12-10-18-44(53(37)38)36-23-25-39(26-24-36)55(40-27-31-42(32-28-40)56-49-19-5-1-14-45(49)46-15-2-6-20-50(46)56)41-29-33-43(34-30-41)57-51-21-7-3-16-47(51)48-17-4-8-22-52(48)57/h1-34H. The molecule has 0 aliphatic heterocycles. The Hall–Kier alpha value is -7.87. The van der Waals surface area contributed by atoms with Crippen LogP contribution in [0.3, 0.4) is 0 Å². The van der Waals surface area contributed by atoms with Crippen LogP contribution >= 0.6 is 0 Å². The highest BCUT2D eigenvalue weighted by molar-refractivity contribution is 6.10. The molecule has 0 N–H and O–H groups in total. The fraction of sp³-hybridized carbons (Fsp3) is 0. The van der Waals surface area contributed by atoms with Crippen LogP contribution in [0.2, 0.25) is 0 Å². The molecule has 57 heavy (non-hydrogen) atoms. The van der Waals surface area contributed by atoms with E-state index in [-0.39, 0.29) is 0 Å². The number of hydrogen-bond donors (Lipinski definition) is 0. The predicted molar refractivity (Wildman–Crippen MR) is 237 cm³/mol. The lowest BCUT2D eigenvalue weighted by atomic mass is 9.95. The Morgan fingerprint density at radius 3 is 1.18 bits per heavy atom. The molecule has 9 aromatic carbocycles. The molecule has 4 nitrogen and oxygen atoms in total. The second kappa shape index (κ2) is 13.2. The van der Waals surface area contributed by atoms with Crippen molar-refractivity contribution in [2.75, 3.05) is 4.90 Å². The van der Waals surface area contributed by atoms with Crippen molar-refractivity contribution >= 4 is 71.4 Å². The maximum Gasteiger partial charge on any atom is 0.0998 e. The molecule has 0 saturated heterocycles. The first-order valence-corrected chi connectivity index (χ1v) is 19.2. The molecule has 2 aromatic heterocycles. The lowest BCUT2D eigenvalue weighted by Gasteiger charge is -2.26. The Morgan fingerprint density at radius 1 is 0.368 bits per heavy atom. The van der Waals surface area contributed by atoms with Gasteiger partial charge < -0.3 is 14.0 Å². The van der Waals surface area contributed by atoms with Gasteiger partial charge >= 0.3 is 0 Å². The van der Waals surface area contributed by atoms with Gasteiger partial charge in [0.05, 0.1) is 33.7 Å². The third-order valence-corrected chi connectivity index (χ3v) is 11.4. The Kier molecular flexibility index (Phi) is 7.52. The van der Waals surface area contributed by atoms with Crippen molar-refractivity contribution in [3.05, 3.63) is 212 Å². The highest BCUT2D eigenvalue weighted by atomic mass is 15.1. The first-order chi connectivity index (χ1) is 28.2. The quantitative estimate of drug-likeness (QED) is 0.171. The fourth-order valence-electron chi connectivity index (χ4n) is 8.81. The monoisotopic (exact) mass is 726 g/mol. The summed E-state index contributed by atoms with van der Waals surface area (Å²) < 4.78 is 4.71. The summed E-state index contributed by atoms with van der Waals surface area (Å²) in [6.45, 7) is 0. The summed E-state index contributed by atoms with van der Waals surface area (Å²) in [5.74, 6) is 0. The van der Waals surface area contributed by atoms with Crippen LogP contribution in [0.1, 0.15) is 5.56 Å². The minimum absolute atomic E-state index is 0.681. The zero-order valence-corrected chi connectivity index (χ0v) is 30.9. The molecule has 0 fully saturated rings. The summed E-state index contributed by atoms with van der Waals surface area (Å²) in [6.07, 6.45) is 0. The Morgan fingerprint density at radius 2 is 0.754 bits per heavy atom. The number of benzene rings is 9. The zero-order valence-electron chi connectivity index (χ0n) is 30.9. The molecule has 0 amide bonds. The number of fused-ring (bicyclic) bond motifs is 7. The van der Waals surface area contributed by atoms with Gasteiger partial charge in [-0.1, -0.05) is 115 Å². The second-order valence-corrected chi connectivity index (χ2v) is 14.5. The molecule has 2 heterocycles. The number of rotatable bonds is 6. The molecule has 11 aromatic rings. The van der Waals surface area contributed by atoms with Gasteiger partial charge in [0.2, 0.25) is 0 Å². The predicted octanol–water partition coefficient (Wildman–Crippen LogP) is 14.0. The van der Waals surface area contributed by atoms with Crippen LogP contribution in [0.5, 0.6) is 0 Å². The van der Waals surface area contributed by atoms with Gasteiger partial charge in [-0.15, -0.1) is 0 Å². The van der Waals surface area contributed by atoms with Gasteiger partial charge in [-0.2, -0.15) is 5.26 Å². The van der Waals surface area contributed by atoms with Gasteiger partial charge in [0.15, 0.2) is 0 Å². The Labute approximate surface area is 329 Å². The largest absolute Gasteiger partial charge is 0.311 e. The van der Waals surface area contributed by atoms with E-state index < -0.39 is 0 Å². The van der Waals surface area contributed by atoms with E-state index >= 15 is 0 Å².